The summed E-state index contributed by atoms with van der Waals surface area (Å²) in [6.45, 7) is 2.27. The summed E-state index contributed by atoms with van der Waals surface area (Å²) in [6.07, 6.45) is 4.96. The zero-order valence-corrected chi connectivity index (χ0v) is 16.6. The van der Waals surface area contributed by atoms with Crippen molar-refractivity contribution in [1.29, 1.82) is 0 Å². The maximum Gasteiger partial charge on any atom is 0.349 e. The van der Waals surface area contributed by atoms with Crippen LogP contribution in [0.2, 0.25) is 5.02 Å². The molecule has 1 aliphatic rings. The normalized spacial score (nSPS) is 20.3. The number of anilines is 1. The first-order valence-corrected chi connectivity index (χ1v) is 9.97. The molecule has 25 heavy (non-hydrogen) atoms. The van der Waals surface area contributed by atoms with Crippen molar-refractivity contribution in [3.8, 4) is 0 Å². The molecule has 1 saturated carbocycles. The number of ether oxygens (including phenoxy) is 1. The number of hydrogen-bond donors (Lipinski definition) is 2. The van der Waals surface area contributed by atoms with Gasteiger partial charge in [-0.05, 0) is 49.2 Å². The third-order valence-electron chi connectivity index (χ3n) is 4.69. The van der Waals surface area contributed by atoms with Gasteiger partial charge in [0.25, 0.3) is 0 Å². The van der Waals surface area contributed by atoms with Crippen molar-refractivity contribution in [1.82, 2.24) is 5.32 Å². The number of fused-ring (bicyclic) bond motifs is 1. The summed E-state index contributed by atoms with van der Waals surface area (Å²) < 4.78 is 5.70. The molecule has 2 aromatic rings. The van der Waals surface area contributed by atoms with Crippen LogP contribution in [-0.4, -0.2) is 24.2 Å². The highest BCUT2D eigenvalue weighted by Gasteiger charge is 2.22. The van der Waals surface area contributed by atoms with Crippen molar-refractivity contribution >= 4 is 62.0 Å². The molecule has 1 heterocycles. The quantitative estimate of drug-likeness (QED) is 0.551. The van der Waals surface area contributed by atoms with E-state index in [1.54, 1.807) is 0 Å². The standard InChI is InChI=1S/C18H21ClN2O2S2/c1-10-5-3-4-6-13(10)21-18(24)20-11-7-8-12-14(9-11)25-16(15(12)19)17(22)23-2/h7-10,13H,3-6H2,1-2H3,(H2,20,21,24). The molecule has 2 atom stereocenters. The number of esters is 1. The van der Waals surface area contributed by atoms with Crippen LogP contribution in [-0.2, 0) is 4.74 Å². The number of thiocarbonyl (C=S) groups is 1. The summed E-state index contributed by atoms with van der Waals surface area (Å²) in [5.74, 6) is 0.221. The Hall–Kier alpha value is -1.37. The Morgan fingerprint density at radius 2 is 2.12 bits per heavy atom. The highest BCUT2D eigenvalue weighted by atomic mass is 35.5. The molecule has 0 saturated heterocycles. The molecule has 0 bridgehead atoms. The molecule has 1 aromatic carbocycles. The molecular weight excluding hydrogens is 376 g/mol. The summed E-state index contributed by atoms with van der Waals surface area (Å²) in [5, 5.41) is 8.59. The molecule has 1 fully saturated rings. The lowest BCUT2D eigenvalue weighted by atomic mass is 9.86. The molecule has 2 N–H and O–H groups in total. The van der Waals surface area contributed by atoms with E-state index in [1.807, 2.05) is 18.2 Å². The Labute approximate surface area is 161 Å². The average molecular weight is 397 g/mol. The lowest BCUT2D eigenvalue weighted by Crippen LogP contribution is -2.43. The topological polar surface area (TPSA) is 50.4 Å². The number of thiophene rings is 1. The maximum absolute atomic E-state index is 11.8. The monoisotopic (exact) mass is 396 g/mol. The van der Waals surface area contributed by atoms with E-state index in [9.17, 15) is 4.79 Å². The van der Waals surface area contributed by atoms with Crippen LogP contribution < -0.4 is 10.6 Å². The summed E-state index contributed by atoms with van der Waals surface area (Å²) in [4.78, 5) is 12.2. The number of carbonyl (C=O) groups is 1. The van der Waals surface area contributed by atoms with Gasteiger partial charge in [0, 0.05) is 21.8 Å². The van der Waals surface area contributed by atoms with Gasteiger partial charge in [0.1, 0.15) is 4.88 Å². The smallest absolute Gasteiger partial charge is 0.349 e. The first kappa shape index (κ1) is 18.4. The number of methoxy groups -OCH3 is 1. The molecule has 0 spiro atoms. The van der Waals surface area contributed by atoms with E-state index in [0.29, 0.717) is 27.0 Å². The fourth-order valence-electron chi connectivity index (χ4n) is 3.23. The second kappa shape index (κ2) is 7.89. The molecule has 1 aromatic heterocycles. The molecule has 3 rings (SSSR count). The SMILES string of the molecule is COC(=O)c1sc2cc(NC(=S)NC3CCCCC3C)ccc2c1Cl. The van der Waals surface area contributed by atoms with Crippen LogP contribution in [0.3, 0.4) is 0 Å². The summed E-state index contributed by atoms with van der Waals surface area (Å²) in [5.41, 5.74) is 0.878. The molecular formula is C18H21ClN2O2S2. The molecule has 1 aliphatic carbocycles. The number of nitrogens with one attached hydrogen (secondary N) is 2. The van der Waals surface area contributed by atoms with Crippen LogP contribution in [0.1, 0.15) is 42.3 Å². The van der Waals surface area contributed by atoms with E-state index in [2.05, 4.69) is 17.6 Å². The van der Waals surface area contributed by atoms with E-state index in [4.69, 9.17) is 28.6 Å². The Kier molecular flexibility index (Phi) is 5.81. The summed E-state index contributed by atoms with van der Waals surface area (Å²) >= 11 is 13.1. The third-order valence-corrected chi connectivity index (χ3v) is 6.54. The van der Waals surface area contributed by atoms with E-state index in [-0.39, 0.29) is 0 Å². The number of halogens is 1. The minimum atomic E-state index is -0.413. The van der Waals surface area contributed by atoms with Crippen molar-refractivity contribution < 1.29 is 9.53 Å². The first-order valence-electron chi connectivity index (χ1n) is 8.37. The Morgan fingerprint density at radius 1 is 1.36 bits per heavy atom. The van der Waals surface area contributed by atoms with E-state index >= 15 is 0 Å². The fraction of sp³-hybridized carbons (Fsp3) is 0.444. The second-order valence-electron chi connectivity index (χ2n) is 6.41. The Bertz CT molecular complexity index is 806. The Balaban J connectivity index is 1.73. The van der Waals surface area contributed by atoms with Gasteiger partial charge in [-0.3, -0.25) is 0 Å². The van der Waals surface area contributed by atoms with Crippen LogP contribution in [0.25, 0.3) is 10.1 Å². The average Bonchev–Trinajstić information content (AvgIpc) is 2.92. The van der Waals surface area contributed by atoms with Crippen LogP contribution in [0.4, 0.5) is 5.69 Å². The third kappa shape index (κ3) is 4.07. The molecule has 4 nitrogen and oxygen atoms in total. The molecule has 2 unspecified atom stereocenters. The largest absolute Gasteiger partial charge is 0.465 e. The molecule has 0 amide bonds. The molecule has 0 radical (unpaired) electrons. The fourth-order valence-corrected chi connectivity index (χ4v) is 4.97. The molecule has 0 aliphatic heterocycles. The lowest BCUT2D eigenvalue weighted by molar-refractivity contribution is 0.0606. The number of rotatable bonds is 3. The number of hydrogen-bond acceptors (Lipinski definition) is 4. The van der Waals surface area contributed by atoms with Gasteiger partial charge in [0.2, 0.25) is 0 Å². The maximum atomic E-state index is 11.8. The highest BCUT2D eigenvalue weighted by molar-refractivity contribution is 7.80. The van der Waals surface area contributed by atoms with Crippen LogP contribution >= 0.6 is 35.2 Å². The molecule has 134 valence electrons. The van der Waals surface area contributed by atoms with Crippen molar-refractivity contribution in [3.05, 3.63) is 28.1 Å². The summed E-state index contributed by atoms with van der Waals surface area (Å²) in [6, 6.07) is 6.20. The van der Waals surface area contributed by atoms with Crippen molar-refractivity contribution in [2.45, 2.75) is 38.6 Å². The zero-order valence-electron chi connectivity index (χ0n) is 14.2. The predicted molar refractivity (Wildman–Crippen MR) is 109 cm³/mol. The van der Waals surface area contributed by atoms with Crippen LogP contribution in [0, 0.1) is 5.92 Å². The van der Waals surface area contributed by atoms with E-state index in [1.165, 1.54) is 37.7 Å². The van der Waals surface area contributed by atoms with E-state index in [0.717, 1.165) is 22.2 Å². The summed E-state index contributed by atoms with van der Waals surface area (Å²) in [7, 11) is 1.35. The Morgan fingerprint density at radius 3 is 2.84 bits per heavy atom. The molecule has 7 heteroatoms. The minimum absolute atomic E-state index is 0.413. The van der Waals surface area contributed by atoms with Crippen molar-refractivity contribution in [2.75, 3.05) is 12.4 Å². The van der Waals surface area contributed by atoms with Gasteiger partial charge in [-0.25, -0.2) is 4.79 Å². The lowest BCUT2D eigenvalue weighted by Gasteiger charge is -2.30. The van der Waals surface area contributed by atoms with E-state index < -0.39 is 5.97 Å². The van der Waals surface area contributed by atoms with Crippen molar-refractivity contribution in [3.63, 3.8) is 0 Å². The van der Waals surface area contributed by atoms with Gasteiger partial charge >= 0.3 is 5.97 Å². The van der Waals surface area contributed by atoms with Gasteiger partial charge < -0.3 is 15.4 Å². The number of carbonyl (C=O) groups excluding carboxylic acids is 1. The van der Waals surface area contributed by atoms with Crippen LogP contribution in [0.15, 0.2) is 18.2 Å². The number of benzene rings is 1. The van der Waals surface area contributed by atoms with Gasteiger partial charge in [-0.1, -0.05) is 31.4 Å². The minimum Gasteiger partial charge on any atom is -0.465 e. The van der Waals surface area contributed by atoms with Crippen LogP contribution in [0.5, 0.6) is 0 Å². The van der Waals surface area contributed by atoms with Gasteiger partial charge in [0.05, 0.1) is 12.1 Å². The first-order chi connectivity index (χ1) is 12.0. The van der Waals surface area contributed by atoms with Gasteiger partial charge in [-0.2, -0.15) is 0 Å². The van der Waals surface area contributed by atoms with Gasteiger partial charge in [0.15, 0.2) is 5.11 Å². The van der Waals surface area contributed by atoms with Gasteiger partial charge in [-0.15, -0.1) is 11.3 Å². The van der Waals surface area contributed by atoms with Crippen molar-refractivity contribution in [2.24, 2.45) is 5.92 Å². The second-order valence-corrected chi connectivity index (χ2v) is 8.25. The highest BCUT2D eigenvalue weighted by Crippen LogP contribution is 2.37. The predicted octanol–water partition coefficient (Wildman–Crippen LogP) is 5.21. The zero-order chi connectivity index (χ0) is 18.0.